The molecule has 0 unspecified atom stereocenters. The zero-order valence-corrected chi connectivity index (χ0v) is 15.0. The number of rotatable bonds is 12. The van der Waals surface area contributed by atoms with Gasteiger partial charge in [-0.2, -0.15) is 0 Å². The highest BCUT2D eigenvalue weighted by Crippen LogP contribution is 2.37. The van der Waals surface area contributed by atoms with Crippen LogP contribution in [0.1, 0.15) is 24.8 Å². The number of hydrogen-bond donors (Lipinski definition) is 4. The highest BCUT2D eigenvalue weighted by molar-refractivity contribution is 5.91. The summed E-state index contributed by atoms with van der Waals surface area (Å²) >= 11 is 0. The van der Waals surface area contributed by atoms with Crippen molar-refractivity contribution in [3.05, 3.63) is 23.8 Å². The summed E-state index contributed by atoms with van der Waals surface area (Å²) < 4.78 is 10.2. The Kier molecular flexibility index (Phi) is 10.1. The molecule has 0 spiro atoms. The average Bonchev–Trinajstić information content (AvgIpc) is 2.62. The normalized spacial score (nSPS) is 10.8. The molecule has 0 fully saturated rings. The first-order valence-corrected chi connectivity index (χ1v) is 8.44. The van der Waals surface area contributed by atoms with E-state index in [1.165, 1.54) is 20.3 Å². The third-order valence-electron chi connectivity index (χ3n) is 3.57. The molecule has 7 heteroatoms. The smallest absolute Gasteiger partial charge is 0.243 e. The maximum atomic E-state index is 11.8. The third-order valence-corrected chi connectivity index (χ3v) is 3.57. The first-order chi connectivity index (χ1) is 12.1. The van der Waals surface area contributed by atoms with Gasteiger partial charge in [-0.05, 0) is 62.7 Å². The number of unbranched alkanes of at least 4 members (excludes halogenated alkanes) is 1. The molecule has 1 aromatic rings. The summed E-state index contributed by atoms with van der Waals surface area (Å²) in [6, 6.07) is 3.27. The molecule has 0 heterocycles. The van der Waals surface area contributed by atoms with Crippen LogP contribution >= 0.6 is 0 Å². The molecule has 1 amide bonds. The Hall–Kier alpha value is -2.25. The maximum absolute atomic E-state index is 11.8. The molecule has 0 aliphatic heterocycles. The molecular formula is C18H29N3O4. The SMILES string of the molecule is COc1cc(C=CC(=O)NCCCCNCCCN)cc(OC)c1O. The zero-order valence-electron chi connectivity index (χ0n) is 15.0. The Bertz CT molecular complexity index is 536. The van der Waals surface area contributed by atoms with Gasteiger partial charge in [0.25, 0.3) is 0 Å². The maximum Gasteiger partial charge on any atom is 0.243 e. The van der Waals surface area contributed by atoms with Crippen molar-refractivity contribution in [2.75, 3.05) is 40.4 Å². The van der Waals surface area contributed by atoms with E-state index in [0.29, 0.717) is 30.2 Å². The number of ether oxygens (including phenoxy) is 2. The quantitative estimate of drug-likeness (QED) is 0.334. The molecule has 0 saturated heterocycles. The number of carbonyl (C=O) groups is 1. The topological polar surface area (TPSA) is 106 Å². The molecule has 0 bridgehead atoms. The fraction of sp³-hybridized carbons (Fsp3) is 0.500. The minimum Gasteiger partial charge on any atom is -0.502 e. The lowest BCUT2D eigenvalue weighted by atomic mass is 10.1. The number of phenolic OH excluding ortho intramolecular Hbond substituents is 1. The number of amides is 1. The fourth-order valence-corrected chi connectivity index (χ4v) is 2.18. The molecule has 7 nitrogen and oxygen atoms in total. The Labute approximate surface area is 149 Å². The van der Waals surface area contributed by atoms with Gasteiger partial charge in [-0.3, -0.25) is 4.79 Å². The molecule has 0 aromatic heterocycles. The number of aromatic hydroxyl groups is 1. The van der Waals surface area contributed by atoms with Gasteiger partial charge in [-0.25, -0.2) is 0 Å². The zero-order chi connectivity index (χ0) is 18.5. The molecule has 25 heavy (non-hydrogen) atoms. The van der Waals surface area contributed by atoms with Crippen LogP contribution in [0.15, 0.2) is 18.2 Å². The Morgan fingerprint density at radius 1 is 1.12 bits per heavy atom. The van der Waals surface area contributed by atoms with E-state index in [-0.39, 0.29) is 11.7 Å². The second-order valence-corrected chi connectivity index (χ2v) is 5.50. The Morgan fingerprint density at radius 2 is 1.72 bits per heavy atom. The number of methoxy groups -OCH3 is 2. The molecule has 0 aliphatic rings. The van der Waals surface area contributed by atoms with Crippen LogP contribution in [0.4, 0.5) is 0 Å². The van der Waals surface area contributed by atoms with Gasteiger partial charge in [0.2, 0.25) is 11.7 Å². The lowest BCUT2D eigenvalue weighted by Crippen LogP contribution is -2.24. The van der Waals surface area contributed by atoms with Crippen molar-refractivity contribution in [2.45, 2.75) is 19.3 Å². The predicted octanol–water partition coefficient (Wildman–Crippen LogP) is 1.26. The number of carbonyl (C=O) groups excluding carboxylic acids is 1. The van der Waals surface area contributed by atoms with Gasteiger partial charge < -0.3 is 30.9 Å². The molecular weight excluding hydrogens is 322 g/mol. The third kappa shape index (κ3) is 7.91. The summed E-state index contributed by atoms with van der Waals surface area (Å²) in [5, 5.41) is 16.0. The monoisotopic (exact) mass is 351 g/mol. The van der Waals surface area contributed by atoms with Crippen molar-refractivity contribution >= 4 is 12.0 Å². The lowest BCUT2D eigenvalue weighted by molar-refractivity contribution is -0.116. The van der Waals surface area contributed by atoms with Gasteiger partial charge in [-0.15, -0.1) is 0 Å². The van der Waals surface area contributed by atoms with E-state index in [9.17, 15) is 9.90 Å². The van der Waals surface area contributed by atoms with Gasteiger partial charge in [0.15, 0.2) is 11.5 Å². The first kappa shape index (κ1) is 20.8. The largest absolute Gasteiger partial charge is 0.502 e. The Balaban J connectivity index is 2.37. The van der Waals surface area contributed by atoms with Crippen LogP contribution < -0.4 is 25.8 Å². The molecule has 1 aromatic carbocycles. The van der Waals surface area contributed by atoms with Gasteiger partial charge >= 0.3 is 0 Å². The standard InChI is InChI=1S/C18H29N3O4/c1-24-15-12-14(13-16(25-2)18(15)23)6-7-17(22)21-11-4-3-9-20-10-5-8-19/h6-7,12-13,20,23H,3-5,8-11,19H2,1-2H3,(H,21,22). The second-order valence-electron chi connectivity index (χ2n) is 5.50. The minimum absolute atomic E-state index is 0.0633. The van der Waals surface area contributed by atoms with Crippen LogP contribution in [-0.2, 0) is 4.79 Å². The molecule has 0 atom stereocenters. The molecule has 140 valence electrons. The summed E-state index contributed by atoms with van der Waals surface area (Å²) in [7, 11) is 2.92. The van der Waals surface area contributed by atoms with Crippen molar-refractivity contribution in [2.24, 2.45) is 5.73 Å². The van der Waals surface area contributed by atoms with Crippen molar-refractivity contribution < 1.29 is 19.4 Å². The van der Waals surface area contributed by atoms with Crippen molar-refractivity contribution in [3.8, 4) is 17.2 Å². The summed E-state index contributed by atoms with van der Waals surface area (Å²) in [6.45, 7) is 3.20. The highest BCUT2D eigenvalue weighted by atomic mass is 16.5. The van der Waals surface area contributed by atoms with Crippen LogP contribution in [0.3, 0.4) is 0 Å². The summed E-state index contributed by atoms with van der Waals surface area (Å²) in [6.07, 6.45) is 5.99. The van der Waals surface area contributed by atoms with E-state index in [1.807, 2.05) is 0 Å². The number of phenols is 1. The van der Waals surface area contributed by atoms with E-state index in [0.717, 1.165) is 32.4 Å². The van der Waals surface area contributed by atoms with Crippen molar-refractivity contribution in [3.63, 3.8) is 0 Å². The van der Waals surface area contributed by atoms with Crippen molar-refractivity contribution in [1.82, 2.24) is 10.6 Å². The fourth-order valence-electron chi connectivity index (χ4n) is 2.18. The van der Waals surface area contributed by atoms with Crippen LogP contribution in [0.2, 0.25) is 0 Å². The number of benzene rings is 1. The van der Waals surface area contributed by atoms with Gasteiger partial charge in [0.1, 0.15) is 0 Å². The number of nitrogens with two attached hydrogens (primary N) is 1. The van der Waals surface area contributed by atoms with E-state index in [1.54, 1.807) is 18.2 Å². The van der Waals surface area contributed by atoms with E-state index < -0.39 is 0 Å². The van der Waals surface area contributed by atoms with Crippen LogP contribution in [0.25, 0.3) is 6.08 Å². The van der Waals surface area contributed by atoms with Crippen molar-refractivity contribution in [1.29, 1.82) is 0 Å². The first-order valence-electron chi connectivity index (χ1n) is 8.44. The lowest BCUT2D eigenvalue weighted by Gasteiger charge is -2.09. The molecule has 0 saturated carbocycles. The van der Waals surface area contributed by atoms with E-state index in [2.05, 4.69) is 10.6 Å². The molecule has 1 rings (SSSR count). The average molecular weight is 351 g/mol. The van der Waals surface area contributed by atoms with Crippen LogP contribution in [-0.4, -0.2) is 51.4 Å². The van der Waals surface area contributed by atoms with Gasteiger partial charge in [0.05, 0.1) is 14.2 Å². The molecule has 5 N–H and O–H groups in total. The van der Waals surface area contributed by atoms with Gasteiger partial charge in [-0.1, -0.05) is 0 Å². The number of nitrogens with one attached hydrogen (secondary N) is 2. The van der Waals surface area contributed by atoms with E-state index >= 15 is 0 Å². The second kappa shape index (κ2) is 12.2. The summed E-state index contributed by atoms with van der Waals surface area (Å²) in [5.41, 5.74) is 6.11. The molecule has 0 aliphatic carbocycles. The minimum atomic E-state index is -0.165. The number of hydrogen-bond acceptors (Lipinski definition) is 6. The Morgan fingerprint density at radius 3 is 2.32 bits per heavy atom. The van der Waals surface area contributed by atoms with Crippen LogP contribution in [0, 0.1) is 0 Å². The summed E-state index contributed by atoms with van der Waals surface area (Å²) in [4.78, 5) is 11.8. The predicted molar refractivity (Wildman–Crippen MR) is 99.0 cm³/mol. The highest BCUT2D eigenvalue weighted by Gasteiger charge is 2.10. The summed E-state index contributed by atoms with van der Waals surface area (Å²) in [5.74, 6) is 0.358. The van der Waals surface area contributed by atoms with E-state index in [4.69, 9.17) is 15.2 Å². The van der Waals surface area contributed by atoms with Gasteiger partial charge in [0, 0.05) is 12.6 Å². The molecule has 0 radical (unpaired) electrons. The van der Waals surface area contributed by atoms with Crippen LogP contribution in [0.5, 0.6) is 17.2 Å².